The maximum atomic E-state index is 12.1. The molecule has 0 fully saturated rings. The summed E-state index contributed by atoms with van der Waals surface area (Å²) in [5, 5.41) is 11.2. The van der Waals surface area contributed by atoms with Gasteiger partial charge in [-0.15, -0.1) is 0 Å². The van der Waals surface area contributed by atoms with E-state index in [1.165, 1.54) is 30.3 Å². The zero-order chi connectivity index (χ0) is 16.6. The Balaban J connectivity index is 1.90. The highest BCUT2D eigenvalue weighted by atomic mass is 16.7. The minimum Gasteiger partial charge on any atom is -0.324 e. The molecular weight excluding hydrogens is 304 g/mol. The molecule has 8 nitrogen and oxygen atoms in total. The van der Waals surface area contributed by atoms with Crippen molar-refractivity contribution in [1.29, 1.82) is 0 Å². The first-order valence-corrected chi connectivity index (χ1v) is 6.44. The number of imide groups is 1. The van der Waals surface area contributed by atoms with Gasteiger partial charge in [0.2, 0.25) is 0 Å². The molecule has 23 heavy (non-hydrogen) atoms. The van der Waals surface area contributed by atoms with Crippen LogP contribution in [0.3, 0.4) is 0 Å². The average molecular weight is 312 g/mol. The van der Waals surface area contributed by atoms with Crippen molar-refractivity contribution in [2.45, 2.75) is 0 Å². The minimum absolute atomic E-state index is 0.105. The zero-order valence-electron chi connectivity index (χ0n) is 11.5. The molecule has 0 aromatic heterocycles. The standard InChI is InChI=1S/C15H8N2O6/c18-13-9-5-1-2-6-10(9)14(19)16(13)23-15(20)11-7-3-4-8-12(11)17(21)22/h1-8H. The van der Waals surface area contributed by atoms with Gasteiger partial charge in [-0.1, -0.05) is 29.3 Å². The molecule has 2 amide bonds. The number of hydroxylamine groups is 2. The third-order valence-corrected chi connectivity index (χ3v) is 3.25. The molecule has 114 valence electrons. The van der Waals surface area contributed by atoms with Gasteiger partial charge in [0.15, 0.2) is 0 Å². The van der Waals surface area contributed by atoms with Gasteiger partial charge in [0, 0.05) is 6.07 Å². The van der Waals surface area contributed by atoms with Crippen molar-refractivity contribution in [2.75, 3.05) is 0 Å². The summed E-state index contributed by atoms with van der Waals surface area (Å²) in [6.45, 7) is 0. The number of nitro benzene ring substituents is 1. The highest BCUT2D eigenvalue weighted by Crippen LogP contribution is 2.25. The molecule has 0 aliphatic carbocycles. The summed E-state index contributed by atoms with van der Waals surface area (Å²) in [5.74, 6) is -2.75. The van der Waals surface area contributed by atoms with Gasteiger partial charge in [-0.05, 0) is 18.2 Å². The molecule has 0 bridgehead atoms. The van der Waals surface area contributed by atoms with Crippen molar-refractivity contribution in [1.82, 2.24) is 5.06 Å². The number of amides is 2. The summed E-state index contributed by atoms with van der Waals surface area (Å²) < 4.78 is 0. The van der Waals surface area contributed by atoms with Gasteiger partial charge in [0.25, 0.3) is 17.5 Å². The molecule has 8 heteroatoms. The van der Waals surface area contributed by atoms with Gasteiger partial charge in [-0.2, -0.15) is 0 Å². The molecule has 0 N–H and O–H groups in total. The van der Waals surface area contributed by atoms with Gasteiger partial charge < -0.3 is 4.84 Å². The Morgan fingerprint density at radius 3 is 2.04 bits per heavy atom. The molecule has 1 aliphatic heterocycles. The highest BCUT2D eigenvalue weighted by Gasteiger charge is 2.39. The monoisotopic (exact) mass is 312 g/mol. The molecule has 3 rings (SSSR count). The number of nitrogens with zero attached hydrogens (tertiary/aromatic N) is 2. The maximum absolute atomic E-state index is 12.1. The molecule has 1 aliphatic rings. The second-order valence-corrected chi connectivity index (χ2v) is 4.60. The van der Waals surface area contributed by atoms with Crippen LogP contribution >= 0.6 is 0 Å². The number of hydrogen-bond acceptors (Lipinski definition) is 6. The van der Waals surface area contributed by atoms with Crippen LogP contribution in [0.5, 0.6) is 0 Å². The zero-order valence-corrected chi connectivity index (χ0v) is 11.5. The van der Waals surface area contributed by atoms with Gasteiger partial charge >= 0.3 is 5.97 Å². The van der Waals surface area contributed by atoms with Crippen molar-refractivity contribution in [3.05, 3.63) is 75.3 Å². The van der Waals surface area contributed by atoms with E-state index in [0.717, 1.165) is 6.07 Å². The first kappa shape index (κ1) is 14.4. The maximum Gasteiger partial charge on any atom is 0.370 e. The lowest BCUT2D eigenvalue weighted by Gasteiger charge is -2.12. The fourth-order valence-corrected chi connectivity index (χ4v) is 2.19. The largest absolute Gasteiger partial charge is 0.370 e. The van der Waals surface area contributed by atoms with Gasteiger partial charge in [0.1, 0.15) is 5.56 Å². The van der Waals surface area contributed by atoms with Crippen LogP contribution in [-0.4, -0.2) is 27.8 Å². The van der Waals surface area contributed by atoms with Crippen LogP contribution in [0.2, 0.25) is 0 Å². The van der Waals surface area contributed by atoms with Gasteiger partial charge in [-0.25, -0.2) is 4.79 Å². The van der Waals surface area contributed by atoms with Crippen LogP contribution in [-0.2, 0) is 4.84 Å². The second kappa shape index (κ2) is 5.34. The summed E-state index contributed by atoms with van der Waals surface area (Å²) >= 11 is 0. The van der Waals surface area contributed by atoms with Crippen molar-refractivity contribution in [2.24, 2.45) is 0 Å². The lowest BCUT2D eigenvalue weighted by atomic mass is 10.1. The topological polar surface area (TPSA) is 107 Å². The molecule has 0 saturated carbocycles. The smallest absolute Gasteiger partial charge is 0.324 e. The fourth-order valence-electron chi connectivity index (χ4n) is 2.19. The van der Waals surface area contributed by atoms with Crippen LogP contribution in [0.25, 0.3) is 0 Å². The summed E-state index contributed by atoms with van der Waals surface area (Å²) in [5.41, 5.74) is -0.621. The SMILES string of the molecule is O=C(ON1C(=O)c2ccccc2C1=O)c1ccccc1[N+](=O)[O-]. The van der Waals surface area contributed by atoms with E-state index in [0.29, 0.717) is 5.06 Å². The predicted octanol–water partition coefficient (Wildman–Crippen LogP) is 1.96. The minimum atomic E-state index is -1.16. The second-order valence-electron chi connectivity index (χ2n) is 4.60. The Hall–Kier alpha value is -3.55. The Morgan fingerprint density at radius 1 is 0.957 bits per heavy atom. The van der Waals surface area contributed by atoms with Crippen LogP contribution in [0.4, 0.5) is 5.69 Å². The van der Waals surface area contributed by atoms with Crippen LogP contribution in [0.15, 0.2) is 48.5 Å². The van der Waals surface area contributed by atoms with Crippen LogP contribution in [0.1, 0.15) is 31.1 Å². The van der Waals surface area contributed by atoms with Crippen molar-refractivity contribution in [3.63, 3.8) is 0 Å². The molecule has 2 aromatic carbocycles. The highest BCUT2D eigenvalue weighted by molar-refractivity contribution is 6.21. The Kier molecular flexibility index (Phi) is 3.34. The van der Waals surface area contributed by atoms with E-state index in [1.54, 1.807) is 12.1 Å². The molecule has 2 aromatic rings. The summed E-state index contributed by atoms with van der Waals surface area (Å²) in [6, 6.07) is 11.1. The average Bonchev–Trinajstić information content (AvgIpc) is 2.80. The number of para-hydroxylation sites is 1. The summed E-state index contributed by atoms with van der Waals surface area (Å²) in [4.78, 5) is 51.2. The van der Waals surface area contributed by atoms with Crippen LogP contribution in [0, 0.1) is 10.1 Å². The summed E-state index contributed by atoms with van der Waals surface area (Å²) in [7, 11) is 0. The Labute approximate surface area is 129 Å². The van der Waals surface area contributed by atoms with E-state index in [1.807, 2.05) is 0 Å². The lowest BCUT2D eigenvalue weighted by Crippen LogP contribution is -2.32. The third kappa shape index (κ3) is 2.31. The summed E-state index contributed by atoms with van der Waals surface area (Å²) in [6.07, 6.45) is 0. The van der Waals surface area contributed by atoms with E-state index in [9.17, 15) is 24.5 Å². The van der Waals surface area contributed by atoms with E-state index in [4.69, 9.17) is 4.84 Å². The number of benzene rings is 2. The van der Waals surface area contributed by atoms with E-state index < -0.39 is 28.4 Å². The van der Waals surface area contributed by atoms with E-state index in [2.05, 4.69) is 0 Å². The van der Waals surface area contributed by atoms with E-state index in [-0.39, 0.29) is 16.7 Å². The van der Waals surface area contributed by atoms with Crippen molar-refractivity contribution >= 4 is 23.5 Å². The number of rotatable bonds is 3. The molecular formula is C15H8N2O6. The molecule has 0 atom stereocenters. The van der Waals surface area contributed by atoms with Gasteiger partial charge in [-0.3, -0.25) is 19.7 Å². The molecule has 0 unspecified atom stereocenters. The predicted molar refractivity (Wildman–Crippen MR) is 75.5 cm³/mol. The first-order valence-electron chi connectivity index (χ1n) is 6.44. The number of carbonyl (C=O) groups is 3. The Morgan fingerprint density at radius 2 is 1.48 bits per heavy atom. The first-order chi connectivity index (χ1) is 11.0. The normalized spacial score (nSPS) is 13.0. The quantitative estimate of drug-likeness (QED) is 0.487. The lowest BCUT2D eigenvalue weighted by molar-refractivity contribution is -0.385. The molecule has 0 spiro atoms. The number of nitro groups is 1. The molecule has 0 radical (unpaired) electrons. The number of hydrogen-bond donors (Lipinski definition) is 0. The van der Waals surface area contributed by atoms with Crippen molar-refractivity contribution in [3.8, 4) is 0 Å². The van der Waals surface area contributed by atoms with Crippen molar-refractivity contribution < 1.29 is 24.1 Å². The van der Waals surface area contributed by atoms with Gasteiger partial charge in [0.05, 0.1) is 16.1 Å². The fraction of sp³-hybridized carbons (Fsp3) is 0. The number of fused-ring (bicyclic) bond motifs is 1. The third-order valence-electron chi connectivity index (χ3n) is 3.25. The van der Waals surface area contributed by atoms with Crippen LogP contribution < -0.4 is 0 Å². The molecule has 0 saturated heterocycles. The number of carbonyl (C=O) groups excluding carboxylic acids is 3. The molecule has 1 heterocycles. The van der Waals surface area contributed by atoms with E-state index >= 15 is 0 Å². The Bertz CT molecular complexity index is 826.